The van der Waals surface area contributed by atoms with Crippen molar-refractivity contribution in [2.24, 2.45) is 7.05 Å². The van der Waals surface area contributed by atoms with Gasteiger partial charge in [0, 0.05) is 31.9 Å². The fourth-order valence-corrected chi connectivity index (χ4v) is 2.73. The highest BCUT2D eigenvalue weighted by atomic mass is 19.1. The van der Waals surface area contributed by atoms with Crippen LogP contribution in [0.2, 0.25) is 0 Å². The molecule has 0 spiro atoms. The predicted octanol–water partition coefficient (Wildman–Crippen LogP) is 2.85. The van der Waals surface area contributed by atoms with Crippen molar-refractivity contribution in [3.05, 3.63) is 42.0 Å². The largest absolute Gasteiger partial charge is 0.337 e. The van der Waals surface area contributed by atoms with Gasteiger partial charge in [-0.25, -0.2) is 4.39 Å². The number of nitrogens with zero attached hydrogens (tertiary/aromatic N) is 3. The van der Waals surface area contributed by atoms with Crippen LogP contribution in [0.25, 0.3) is 11.1 Å². The van der Waals surface area contributed by atoms with Crippen molar-refractivity contribution in [2.75, 3.05) is 13.1 Å². The maximum Gasteiger partial charge on any atom is 0.274 e. The molecule has 110 valence electrons. The molecule has 1 aliphatic heterocycles. The number of piperidine rings is 1. The Kier molecular flexibility index (Phi) is 3.73. The molecule has 1 saturated heterocycles. The minimum Gasteiger partial charge on any atom is -0.337 e. The molecule has 21 heavy (non-hydrogen) atoms. The first-order valence-corrected chi connectivity index (χ1v) is 7.24. The van der Waals surface area contributed by atoms with Gasteiger partial charge in [0.25, 0.3) is 5.91 Å². The van der Waals surface area contributed by atoms with E-state index in [-0.39, 0.29) is 11.7 Å². The minimum absolute atomic E-state index is 0.0328. The molecule has 4 nitrogen and oxygen atoms in total. The summed E-state index contributed by atoms with van der Waals surface area (Å²) < 4.78 is 14.7. The normalized spacial score (nSPS) is 15.2. The number of hydrogen-bond acceptors (Lipinski definition) is 2. The molecule has 2 heterocycles. The zero-order valence-corrected chi connectivity index (χ0v) is 12.1. The first-order chi connectivity index (χ1) is 10.1. The molecule has 0 N–H and O–H groups in total. The number of hydrogen-bond donors (Lipinski definition) is 0. The van der Waals surface area contributed by atoms with Gasteiger partial charge in [0.05, 0.1) is 0 Å². The van der Waals surface area contributed by atoms with Crippen molar-refractivity contribution in [3.63, 3.8) is 0 Å². The first-order valence-electron chi connectivity index (χ1n) is 7.24. The van der Waals surface area contributed by atoms with Crippen molar-refractivity contribution in [3.8, 4) is 11.1 Å². The fourth-order valence-electron chi connectivity index (χ4n) is 2.73. The maximum atomic E-state index is 13.1. The lowest BCUT2D eigenvalue weighted by Gasteiger charge is -2.26. The summed E-state index contributed by atoms with van der Waals surface area (Å²) >= 11 is 0. The Morgan fingerprint density at radius 3 is 2.48 bits per heavy atom. The van der Waals surface area contributed by atoms with Crippen LogP contribution in [0.5, 0.6) is 0 Å². The van der Waals surface area contributed by atoms with E-state index in [9.17, 15) is 9.18 Å². The number of amides is 1. The molecule has 0 unspecified atom stereocenters. The average Bonchev–Trinajstić information content (AvgIpc) is 2.90. The van der Waals surface area contributed by atoms with Gasteiger partial charge in [0.1, 0.15) is 5.82 Å². The Morgan fingerprint density at radius 2 is 1.81 bits per heavy atom. The van der Waals surface area contributed by atoms with E-state index in [1.807, 2.05) is 11.1 Å². The molecule has 0 radical (unpaired) electrons. The van der Waals surface area contributed by atoms with Crippen LogP contribution in [-0.2, 0) is 7.05 Å². The number of aromatic nitrogens is 2. The molecule has 1 aromatic heterocycles. The van der Waals surface area contributed by atoms with Crippen molar-refractivity contribution in [1.82, 2.24) is 14.7 Å². The topological polar surface area (TPSA) is 38.1 Å². The molecule has 1 fully saturated rings. The summed E-state index contributed by atoms with van der Waals surface area (Å²) in [6, 6.07) is 6.16. The number of carbonyl (C=O) groups is 1. The van der Waals surface area contributed by atoms with E-state index in [4.69, 9.17) is 0 Å². The molecule has 5 heteroatoms. The van der Waals surface area contributed by atoms with Crippen molar-refractivity contribution < 1.29 is 9.18 Å². The average molecular weight is 287 g/mol. The highest BCUT2D eigenvalue weighted by Crippen LogP contribution is 2.25. The van der Waals surface area contributed by atoms with E-state index in [2.05, 4.69) is 5.10 Å². The molecular weight excluding hydrogens is 269 g/mol. The highest BCUT2D eigenvalue weighted by Gasteiger charge is 2.24. The van der Waals surface area contributed by atoms with Gasteiger partial charge in [-0.15, -0.1) is 0 Å². The van der Waals surface area contributed by atoms with Crippen LogP contribution in [0.15, 0.2) is 30.5 Å². The molecule has 1 aromatic carbocycles. The zero-order valence-electron chi connectivity index (χ0n) is 12.1. The third kappa shape index (κ3) is 2.82. The monoisotopic (exact) mass is 287 g/mol. The van der Waals surface area contributed by atoms with Gasteiger partial charge < -0.3 is 4.90 Å². The van der Waals surface area contributed by atoms with Crippen molar-refractivity contribution in [2.45, 2.75) is 19.3 Å². The second-order valence-electron chi connectivity index (χ2n) is 5.42. The van der Waals surface area contributed by atoms with Crippen molar-refractivity contribution >= 4 is 5.91 Å². The molecular formula is C16H18FN3O. The molecule has 1 aliphatic rings. The smallest absolute Gasteiger partial charge is 0.274 e. The van der Waals surface area contributed by atoms with E-state index in [1.54, 1.807) is 23.9 Å². The maximum absolute atomic E-state index is 13.1. The van der Waals surface area contributed by atoms with Gasteiger partial charge in [-0.1, -0.05) is 12.1 Å². The quantitative estimate of drug-likeness (QED) is 0.852. The van der Waals surface area contributed by atoms with Crippen LogP contribution in [0, 0.1) is 5.82 Å². The molecule has 0 atom stereocenters. The van der Waals surface area contributed by atoms with E-state index >= 15 is 0 Å². The van der Waals surface area contributed by atoms with Crippen molar-refractivity contribution in [1.29, 1.82) is 0 Å². The Bertz CT molecular complexity index is 642. The molecule has 3 rings (SSSR count). The third-order valence-corrected chi connectivity index (χ3v) is 3.83. The van der Waals surface area contributed by atoms with Gasteiger partial charge in [-0.3, -0.25) is 9.48 Å². The summed E-state index contributed by atoms with van der Waals surface area (Å²) in [4.78, 5) is 14.5. The summed E-state index contributed by atoms with van der Waals surface area (Å²) in [5, 5.41) is 4.32. The Labute approximate surface area is 123 Å². The van der Waals surface area contributed by atoms with Gasteiger partial charge >= 0.3 is 0 Å². The van der Waals surface area contributed by atoms with Gasteiger partial charge in [-0.2, -0.15) is 5.10 Å². The summed E-state index contributed by atoms with van der Waals surface area (Å²) in [5.41, 5.74) is 2.02. The Hall–Kier alpha value is -2.17. The lowest BCUT2D eigenvalue weighted by molar-refractivity contribution is 0.0718. The van der Waals surface area contributed by atoms with Gasteiger partial charge in [0.2, 0.25) is 0 Å². The van der Waals surface area contributed by atoms with Crippen LogP contribution >= 0.6 is 0 Å². The van der Waals surface area contributed by atoms with Crippen LogP contribution in [0.1, 0.15) is 29.8 Å². The molecule has 0 saturated carbocycles. The van der Waals surface area contributed by atoms with Gasteiger partial charge in [0.15, 0.2) is 5.69 Å². The number of likely N-dealkylation sites (tertiary alicyclic amines) is 1. The number of rotatable bonds is 2. The molecule has 0 aliphatic carbocycles. The number of carbonyl (C=O) groups excluding carboxylic acids is 1. The number of benzene rings is 1. The minimum atomic E-state index is -0.286. The Morgan fingerprint density at radius 1 is 1.14 bits per heavy atom. The highest BCUT2D eigenvalue weighted by molar-refractivity contribution is 5.99. The second kappa shape index (κ2) is 5.68. The summed E-state index contributed by atoms with van der Waals surface area (Å²) in [6.45, 7) is 1.58. The van der Waals surface area contributed by atoms with E-state index < -0.39 is 0 Å². The third-order valence-electron chi connectivity index (χ3n) is 3.83. The van der Waals surface area contributed by atoms with E-state index in [1.165, 1.54) is 18.6 Å². The lowest BCUT2D eigenvalue weighted by atomic mass is 10.0. The summed E-state index contributed by atoms with van der Waals surface area (Å²) in [6.07, 6.45) is 5.08. The molecule has 1 amide bonds. The van der Waals surface area contributed by atoms with E-state index in [0.717, 1.165) is 37.1 Å². The van der Waals surface area contributed by atoms with Crippen LogP contribution in [-0.4, -0.2) is 33.7 Å². The molecule has 2 aromatic rings. The van der Waals surface area contributed by atoms with E-state index in [0.29, 0.717) is 5.69 Å². The predicted molar refractivity (Wildman–Crippen MR) is 78.4 cm³/mol. The lowest BCUT2D eigenvalue weighted by Crippen LogP contribution is -2.36. The van der Waals surface area contributed by atoms with Crippen LogP contribution in [0.4, 0.5) is 4.39 Å². The molecule has 0 bridgehead atoms. The SMILES string of the molecule is Cn1cc(-c2ccc(F)cc2)c(C(=O)N2CCCCC2)n1. The van der Waals surface area contributed by atoms with Crippen LogP contribution < -0.4 is 0 Å². The second-order valence-corrected chi connectivity index (χ2v) is 5.42. The Balaban J connectivity index is 1.95. The summed E-state index contributed by atoms with van der Waals surface area (Å²) in [7, 11) is 1.79. The number of aryl methyl sites for hydroxylation is 1. The first kappa shape index (κ1) is 13.8. The van der Waals surface area contributed by atoms with Gasteiger partial charge in [-0.05, 0) is 37.0 Å². The summed E-state index contributed by atoms with van der Waals surface area (Å²) in [5.74, 6) is -0.318. The standard InChI is InChI=1S/C16H18FN3O/c1-19-11-14(12-5-7-13(17)8-6-12)15(18-19)16(21)20-9-3-2-4-10-20/h5-8,11H,2-4,9-10H2,1H3. The fraction of sp³-hybridized carbons (Fsp3) is 0.375. The number of halogens is 1. The zero-order chi connectivity index (χ0) is 14.8. The van der Waals surface area contributed by atoms with Crippen LogP contribution in [0.3, 0.4) is 0 Å².